The van der Waals surface area contributed by atoms with Crippen molar-refractivity contribution >= 4 is 39.0 Å². The molecule has 0 radical (unpaired) electrons. The van der Waals surface area contributed by atoms with Gasteiger partial charge in [0.25, 0.3) is 5.56 Å². The molecule has 34 heavy (non-hydrogen) atoms. The van der Waals surface area contributed by atoms with E-state index in [0.29, 0.717) is 33.8 Å². The van der Waals surface area contributed by atoms with Crippen molar-refractivity contribution < 1.29 is 19.0 Å². The van der Waals surface area contributed by atoms with Crippen molar-refractivity contribution in [2.75, 3.05) is 13.7 Å². The average molecular weight is 530 g/mol. The monoisotopic (exact) mass is 529 g/mol. The summed E-state index contributed by atoms with van der Waals surface area (Å²) in [6.45, 7) is 9.55. The Labute approximate surface area is 206 Å². The molecule has 1 atom stereocenters. The first-order valence-corrected chi connectivity index (χ1v) is 11.6. The summed E-state index contributed by atoms with van der Waals surface area (Å²) in [5, 5.41) is 4.94. The molecule has 8 nitrogen and oxygen atoms in total. The molecular weight excluding hydrogens is 502 g/mol. The molecule has 9 heteroatoms. The van der Waals surface area contributed by atoms with Gasteiger partial charge in [0.1, 0.15) is 5.82 Å². The molecule has 0 unspecified atom stereocenters. The van der Waals surface area contributed by atoms with E-state index in [9.17, 15) is 9.59 Å². The number of halogens is 1. The Bertz CT molecular complexity index is 1290. The minimum absolute atomic E-state index is 0.261. The highest BCUT2D eigenvalue weighted by Crippen LogP contribution is 2.29. The second-order valence-corrected chi connectivity index (χ2v) is 9.55. The minimum Gasteiger partial charge on any atom is -0.493 e. The summed E-state index contributed by atoms with van der Waals surface area (Å²) in [7, 11) is 1.51. The lowest BCUT2D eigenvalue weighted by atomic mass is 9.95. The fraction of sp³-hybridized carbons (Fsp3) is 0.360. The Morgan fingerprint density at radius 1 is 1.21 bits per heavy atom. The summed E-state index contributed by atoms with van der Waals surface area (Å²) in [5.74, 6) is 0.896. The van der Waals surface area contributed by atoms with Crippen LogP contribution in [0.5, 0.6) is 11.5 Å². The average Bonchev–Trinajstić information content (AvgIpc) is 2.78. The van der Waals surface area contributed by atoms with E-state index in [1.807, 2.05) is 32.9 Å². The number of esters is 1. The van der Waals surface area contributed by atoms with E-state index in [-0.39, 0.29) is 12.2 Å². The largest absolute Gasteiger partial charge is 0.493 e. The maximum Gasteiger partial charge on any atom is 0.347 e. The van der Waals surface area contributed by atoms with E-state index < -0.39 is 17.5 Å². The number of nitrogens with zero attached hydrogens (tertiary/aromatic N) is 3. The molecule has 1 aromatic heterocycles. The standard InChI is InChI=1S/C25H28BrN3O5/c1-7-33-23(31)15(2)34-20-11-8-16(12-21(20)32-6)14-27-29-22(30)18-13-17(26)9-10-19(18)28-24(29)25(3,4)5/h8-15H,7H2,1-6H3/t15-/m1/s1. The molecule has 0 saturated carbocycles. The molecule has 3 rings (SSSR count). The van der Waals surface area contributed by atoms with Crippen LogP contribution in [0.2, 0.25) is 0 Å². The molecule has 0 saturated heterocycles. The quantitative estimate of drug-likeness (QED) is 0.326. The van der Waals surface area contributed by atoms with Gasteiger partial charge >= 0.3 is 5.97 Å². The molecule has 0 amide bonds. The molecule has 0 bridgehead atoms. The van der Waals surface area contributed by atoms with E-state index in [4.69, 9.17) is 19.2 Å². The van der Waals surface area contributed by atoms with E-state index in [1.165, 1.54) is 11.8 Å². The van der Waals surface area contributed by atoms with Gasteiger partial charge in [-0.25, -0.2) is 9.78 Å². The van der Waals surface area contributed by atoms with Gasteiger partial charge in [-0.15, -0.1) is 0 Å². The number of carbonyl (C=O) groups excluding carboxylic acids is 1. The van der Waals surface area contributed by atoms with E-state index in [2.05, 4.69) is 21.0 Å². The van der Waals surface area contributed by atoms with Crippen LogP contribution in [0.15, 0.2) is 50.8 Å². The Balaban J connectivity index is 2.00. The lowest BCUT2D eigenvalue weighted by Gasteiger charge is -2.21. The number of fused-ring (bicyclic) bond motifs is 1. The Hall–Kier alpha value is -3.20. The molecule has 1 heterocycles. The number of hydrogen-bond acceptors (Lipinski definition) is 7. The van der Waals surface area contributed by atoms with Gasteiger partial charge in [-0.1, -0.05) is 36.7 Å². The van der Waals surface area contributed by atoms with Crippen LogP contribution in [0.1, 0.15) is 46.0 Å². The van der Waals surface area contributed by atoms with Crippen molar-refractivity contribution in [3.8, 4) is 11.5 Å². The van der Waals surface area contributed by atoms with Gasteiger partial charge in [0.2, 0.25) is 0 Å². The van der Waals surface area contributed by atoms with Crippen LogP contribution in [0.25, 0.3) is 10.9 Å². The molecular formula is C25H28BrN3O5. The smallest absolute Gasteiger partial charge is 0.347 e. The Kier molecular flexibility index (Phi) is 7.76. The summed E-state index contributed by atoms with van der Waals surface area (Å²) >= 11 is 3.41. The molecule has 0 aliphatic rings. The van der Waals surface area contributed by atoms with Crippen LogP contribution in [0, 0.1) is 0 Å². The maximum atomic E-state index is 13.3. The minimum atomic E-state index is -0.788. The fourth-order valence-electron chi connectivity index (χ4n) is 3.23. The van der Waals surface area contributed by atoms with Crippen molar-refractivity contribution in [1.82, 2.24) is 9.66 Å². The molecule has 0 N–H and O–H groups in total. The van der Waals surface area contributed by atoms with Gasteiger partial charge in [-0.2, -0.15) is 9.78 Å². The molecule has 0 aliphatic carbocycles. The van der Waals surface area contributed by atoms with E-state index >= 15 is 0 Å². The van der Waals surface area contributed by atoms with Crippen molar-refractivity contribution in [3.63, 3.8) is 0 Å². The van der Waals surface area contributed by atoms with Gasteiger partial charge in [0, 0.05) is 9.89 Å². The highest BCUT2D eigenvalue weighted by Gasteiger charge is 2.23. The summed E-state index contributed by atoms with van der Waals surface area (Å²) in [6, 6.07) is 10.6. The van der Waals surface area contributed by atoms with Gasteiger partial charge in [-0.3, -0.25) is 4.79 Å². The van der Waals surface area contributed by atoms with Crippen LogP contribution in [-0.2, 0) is 14.9 Å². The number of ether oxygens (including phenoxy) is 3. The third-order valence-electron chi connectivity index (χ3n) is 4.91. The molecule has 180 valence electrons. The summed E-state index contributed by atoms with van der Waals surface area (Å²) in [6.07, 6.45) is 0.771. The van der Waals surface area contributed by atoms with E-state index in [1.54, 1.807) is 44.3 Å². The lowest BCUT2D eigenvalue weighted by molar-refractivity contribution is -0.150. The number of carbonyl (C=O) groups is 1. The molecule has 2 aromatic carbocycles. The third-order valence-corrected chi connectivity index (χ3v) is 5.40. The van der Waals surface area contributed by atoms with Crippen molar-refractivity contribution in [2.45, 2.75) is 46.1 Å². The first-order chi connectivity index (χ1) is 16.0. The Morgan fingerprint density at radius 2 is 1.94 bits per heavy atom. The topological polar surface area (TPSA) is 92.0 Å². The van der Waals surface area contributed by atoms with Crippen LogP contribution >= 0.6 is 15.9 Å². The van der Waals surface area contributed by atoms with Gasteiger partial charge < -0.3 is 14.2 Å². The highest BCUT2D eigenvalue weighted by molar-refractivity contribution is 9.10. The summed E-state index contributed by atoms with van der Waals surface area (Å²) in [4.78, 5) is 29.9. The van der Waals surface area contributed by atoms with Gasteiger partial charge in [-0.05, 0) is 55.8 Å². The summed E-state index contributed by atoms with van der Waals surface area (Å²) in [5.41, 5.74) is 0.608. The van der Waals surface area contributed by atoms with E-state index in [0.717, 1.165) is 4.47 Å². The predicted molar refractivity (Wildman–Crippen MR) is 135 cm³/mol. The van der Waals surface area contributed by atoms with Crippen molar-refractivity contribution in [2.24, 2.45) is 5.10 Å². The fourth-order valence-corrected chi connectivity index (χ4v) is 3.59. The van der Waals surface area contributed by atoms with Crippen molar-refractivity contribution in [1.29, 1.82) is 0 Å². The molecule has 0 aliphatic heterocycles. The second kappa shape index (κ2) is 10.4. The Morgan fingerprint density at radius 3 is 2.59 bits per heavy atom. The number of rotatable bonds is 7. The second-order valence-electron chi connectivity index (χ2n) is 8.63. The van der Waals surface area contributed by atoms with Gasteiger partial charge in [0.15, 0.2) is 17.6 Å². The van der Waals surface area contributed by atoms with Crippen LogP contribution in [0.3, 0.4) is 0 Å². The zero-order valence-electron chi connectivity index (χ0n) is 20.1. The van der Waals surface area contributed by atoms with Gasteiger partial charge in [0.05, 0.1) is 30.8 Å². The first kappa shape index (κ1) is 25.4. The van der Waals surface area contributed by atoms with Crippen LogP contribution in [0.4, 0.5) is 0 Å². The highest BCUT2D eigenvalue weighted by atomic mass is 79.9. The summed E-state index contributed by atoms with van der Waals surface area (Å²) < 4.78 is 18.2. The van der Waals surface area contributed by atoms with Crippen molar-refractivity contribution in [3.05, 3.63) is 62.6 Å². The van der Waals surface area contributed by atoms with Crippen LogP contribution in [-0.4, -0.2) is 41.7 Å². The zero-order valence-corrected chi connectivity index (χ0v) is 21.7. The molecule has 0 spiro atoms. The number of methoxy groups -OCH3 is 1. The number of hydrogen-bond donors (Lipinski definition) is 0. The SMILES string of the molecule is CCOC(=O)[C@@H](C)Oc1ccc(C=Nn2c(C(C)(C)C)nc3ccc(Br)cc3c2=O)cc1OC. The maximum absolute atomic E-state index is 13.3. The molecule has 0 fully saturated rings. The molecule has 3 aromatic rings. The number of aromatic nitrogens is 2. The predicted octanol–water partition coefficient (Wildman–Crippen LogP) is 4.68. The third kappa shape index (κ3) is 5.64. The zero-order chi connectivity index (χ0) is 25.0. The van der Waals surface area contributed by atoms with Crippen LogP contribution < -0.4 is 15.0 Å². The first-order valence-electron chi connectivity index (χ1n) is 10.8. The normalized spacial score (nSPS) is 12.7. The lowest BCUT2D eigenvalue weighted by Crippen LogP contribution is -2.29. The number of benzene rings is 2.